The van der Waals surface area contributed by atoms with Gasteiger partial charge in [-0.3, -0.25) is 4.79 Å². The second-order valence-corrected chi connectivity index (χ2v) is 7.21. The van der Waals surface area contributed by atoms with Crippen molar-refractivity contribution in [3.63, 3.8) is 0 Å². The lowest BCUT2D eigenvalue weighted by atomic mass is 10.2. The number of ether oxygens (including phenoxy) is 1. The van der Waals surface area contributed by atoms with Crippen LogP contribution in [0.2, 0.25) is 0 Å². The van der Waals surface area contributed by atoms with Crippen LogP contribution in [0.15, 0.2) is 72.0 Å². The molecule has 1 aliphatic rings. The van der Waals surface area contributed by atoms with Gasteiger partial charge < -0.3 is 4.74 Å². The van der Waals surface area contributed by atoms with Gasteiger partial charge in [0.15, 0.2) is 0 Å². The Balaban J connectivity index is 1.76. The molecular formula is C21H15F2N3O2S. The van der Waals surface area contributed by atoms with E-state index in [1.54, 1.807) is 30.5 Å². The number of rotatable bonds is 4. The summed E-state index contributed by atoms with van der Waals surface area (Å²) in [6.07, 6.45) is 1.59. The van der Waals surface area contributed by atoms with Crippen LogP contribution in [0.3, 0.4) is 0 Å². The topological polar surface area (TPSA) is 54.8 Å². The van der Waals surface area contributed by atoms with E-state index in [2.05, 4.69) is 10.1 Å². The summed E-state index contributed by atoms with van der Waals surface area (Å²) in [6, 6.07) is 14.7. The first kappa shape index (κ1) is 19.1. The number of hydrogen-bond acceptors (Lipinski definition) is 5. The maximum absolute atomic E-state index is 13.3. The highest BCUT2D eigenvalue weighted by atomic mass is 32.2. The highest BCUT2D eigenvalue weighted by molar-refractivity contribution is 8.14. The lowest BCUT2D eigenvalue weighted by molar-refractivity contribution is 0.0747. The minimum absolute atomic E-state index is 0.295. The van der Waals surface area contributed by atoms with Crippen LogP contribution in [-0.4, -0.2) is 28.1 Å². The molecule has 0 N–H and O–H groups in total. The molecule has 2 heterocycles. The van der Waals surface area contributed by atoms with Gasteiger partial charge in [-0.15, -0.1) is 0 Å². The number of benzene rings is 2. The molecule has 146 valence electrons. The highest BCUT2D eigenvalue weighted by Crippen LogP contribution is 2.44. The van der Waals surface area contributed by atoms with E-state index in [9.17, 15) is 13.6 Å². The summed E-state index contributed by atoms with van der Waals surface area (Å²) in [5.41, 5.74) is 1.64. The van der Waals surface area contributed by atoms with Crippen molar-refractivity contribution in [2.45, 2.75) is 5.37 Å². The Morgan fingerprint density at radius 3 is 2.34 bits per heavy atom. The molecule has 3 aromatic rings. The SMILES string of the molecule is COc1ncccc1C1SC(c2ccc(F)cc2)=NN1C(=O)c1ccc(F)cc1. The van der Waals surface area contributed by atoms with Gasteiger partial charge in [0.05, 0.1) is 7.11 Å². The van der Waals surface area contributed by atoms with Crippen molar-refractivity contribution in [2.75, 3.05) is 7.11 Å². The molecule has 0 saturated carbocycles. The average molecular weight is 411 g/mol. The number of methoxy groups -OCH3 is 1. The van der Waals surface area contributed by atoms with Crippen LogP contribution in [0.5, 0.6) is 5.88 Å². The molecule has 0 bridgehead atoms. The van der Waals surface area contributed by atoms with Gasteiger partial charge in [-0.1, -0.05) is 11.8 Å². The average Bonchev–Trinajstić information content (AvgIpc) is 3.19. The van der Waals surface area contributed by atoms with Crippen LogP contribution in [0, 0.1) is 11.6 Å². The molecule has 1 unspecified atom stereocenters. The molecule has 0 radical (unpaired) electrons. The van der Waals surface area contributed by atoms with Crippen molar-refractivity contribution in [2.24, 2.45) is 5.10 Å². The number of thioether (sulfide) groups is 1. The first-order valence-electron chi connectivity index (χ1n) is 8.66. The number of amides is 1. The number of hydrazone groups is 1. The van der Waals surface area contributed by atoms with E-state index in [-0.39, 0.29) is 5.82 Å². The number of aromatic nitrogens is 1. The summed E-state index contributed by atoms with van der Waals surface area (Å²) in [5.74, 6) is -0.816. The fourth-order valence-electron chi connectivity index (χ4n) is 2.88. The van der Waals surface area contributed by atoms with Gasteiger partial charge in [0.1, 0.15) is 22.1 Å². The van der Waals surface area contributed by atoms with Gasteiger partial charge in [0.2, 0.25) is 5.88 Å². The Morgan fingerprint density at radius 2 is 1.69 bits per heavy atom. The molecule has 0 saturated heterocycles. The normalized spacial score (nSPS) is 15.9. The summed E-state index contributed by atoms with van der Waals surface area (Å²) in [7, 11) is 1.50. The summed E-state index contributed by atoms with van der Waals surface area (Å²) >= 11 is 1.33. The van der Waals surface area contributed by atoms with Crippen molar-refractivity contribution >= 4 is 22.7 Å². The van der Waals surface area contributed by atoms with E-state index >= 15 is 0 Å². The van der Waals surface area contributed by atoms with Gasteiger partial charge in [-0.2, -0.15) is 5.10 Å². The molecule has 29 heavy (non-hydrogen) atoms. The third kappa shape index (κ3) is 3.84. The van der Waals surface area contributed by atoms with Crippen LogP contribution >= 0.6 is 11.8 Å². The molecule has 1 aliphatic heterocycles. The zero-order chi connectivity index (χ0) is 20.4. The molecule has 5 nitrogen and oxygen atoms in total. The van der Waals surface area contributed by atoms with Crippen LogP contribution in [-0.2, 0) is 0 Å². The Hall–Kier alpha value is -3.26. The van der Waals surface area contributed by atoms with Crippen LogP contribution in [0.25, 0.3) is 0 Å². The predicted octanol–water partition coefficient (Wildman–Crippen LogP) is 4.62. The zero-order valence-electron chi connectivity index (χ0n) is 15.3. The quantitative estimate of drug-likeness (QED) is 0.629. The third-order valence-electron chi connectivity index (χ3n) is 4.29. The molecule has 1 amide bonds. The lowest BCUT2D eigenvalue weighted by Gasteiger charge is -2.22. The molecule has 4 rings (SSSR count). The fraction of sp³-hybridized carbons (Fsp3) is 0.0952. The summed E-state index contributed by atoms with van der Waals surface area (Å²) in [5, 5.41) is 5.81. The summed E-state index contributed by atoms with van der Waals surface area (Å²) < 4.78 is 31.9. The Labute approximate surface area is 170 Å². The van der Waals surface area contributed by atoms with Crippen molar-refractivity contribution in [1.29, 1.82) is 0 Å². The maximum Gasteiger partial charge on any atom is 0.275 e. The molecule has 1 atom stereocenters. The maximum atomic E-state index is 13.3. The van der Waals surface area contributed by atoms with E-state index in [1.807, 2.05) is 0 Å². The van der Waals surface area contributed by atoms with E-state index in [4.69, 9.17) is 4.74 Å². The van der Waals surface area contributed by atoms with Gasteiger partial charge in [-0.25, -0.2) is 18.8 Å². The van der Waals surface area contributed by atoms with E-state index < -0.39 is 17.1 Å². The minimum atomic E-state index is -0.545. The molecular weight excluding hydrogens is 396 g/mol. The fourth-order valence-corrected chi connectivity index (χ4v) is 4.05. The Bertz CT molecular complexity index is 1070. The van der Waals surface area contributed by atoms with Crippen LogP contribution in [0.4, 0.5) is 8.78 Å². The number of hydrogen-bond donors (Lipinski definition) is 0. The van der Waals surface area contributed by atoms with Gasteiger partial charge in [-0.05, 0) is 60.7 Å². The Kier molecular flexibility index (Phi) is 5.26. The molecule has 0 spiro atoms. The van der Waals surface area contributed by atoms with Crippen molar-refractivity contribution in [1.82, 2.24) is 9.99 Å². The number of nitrogens with zero attached hydrogens (tertiary/aromatic N) is 3. The molecule has 0 fully saturated rings. The first-order valence-corrected chi connectivity index (χ1v) is 9.54. The molecule has 2 aromatic carbocycles. The summed E-state index contributed by atoms with van der Waals surface area (Å²) in [6.45, 7) is 0. The zero-order valence-corrected chi connectivity index (χ0v) is 16.1. The van der Waals surface area contributed by atoms with Gasteiger partial charge in [0.25, 0.3) is 5.91 Å². The standard InChI is InChI=1S/C21H15F2N3O2S/c1-28-18-17(3-2-12-24-18)21-26(20(27)14-6-10-16(23)11-7-14)25-19(29-21)13-4-8-15(22)9-5-13/h2-12,21H,1H3. The van der Waals surface area contributed by atoms with Crippen molar-refractivity contribution < 1.29 is 18.3 Å². The van der Waals surface area contributed by atoms with Crippen LogP contribution in [0.1, 0.15) is 26.9 Å². The van der Waals surface area contributed by atoms with E-state index in [0.717, 1.165) is 0 Å². The van der Waals surface area contributed by atoms with Crippen LogP contribution < -0.4 is 4.74 Å². The van der Waals surface area contributed by atoms with Gasteiger partial charge in [0, 0.05) is 22.9 Å². The minimum Gasteiger partial charge on any atom is -0.481 e. The Morgan fingerprint density at radius 1 is 1.03 bits per heavy atom. The first-order chi connectivity index (χ1) is 14.1. The lowest BCUT2D eigenvalue weighted by Crippen LogP contribution is -2.26. The summed E-state index contributed by atoms with van der Waals surface area (Å²) in [4.78, 5) is 17.3. The number of halogens is 2. The molecule has 1 aromatic heterocycles. The predicted molar refractivity (Wildman–Crippen MR) is 107 cm³/mol. The highest BCUT2D eigenvalue weighted by Gasteiger charge is 2.36. The second-order valence-electron chi connectivity index (χ2n) is 6.14. The number of pyridine rings is 1. The number of carbonyl (C=O) groups excluding carboxylic acids is 1. The number of carbonyl (C=O) groups is 1. The third-order valence-corrected chi connectivity index (χ3v) is 5.51. The monoisotopic (exact) mass is 411 g/mol. The largest absolute Gasteiger partial charge is 0.481 e. The van der Waals surface area contributed by atoms with Crippen molar-refractivity contribution in [3.05, 3.63) is 95.2 Å². The molecule has 0 aliphatic carbocycles. The van der Waals surface area contributed by atoms with Gasteiger partial charge >= 0.3 is 0 Å². The second kappa shape index (κ2) is 8.00. The molecule has 8 heteroatoms. The van der Waals surface area contributed by atoms with Crippen molar-refractivity contribution in [3.8, 4) is 5.88 Å². The smallest absolute Gasteiger partial charge is 0.275 e. The van der Waals surface area contributed by atoms with E-state index in [0.29, 0.717) is 27.6 Å². The van der Waals surface area contributed by atoms with E-state index in [1.165, 1.54) is 60.3 Å².